The first-order chi connectivity index (χ1) is 10.9. The maximum atomic E-state index is 12.8. The van der Waals surface area contributed by atoms with Crippen molar-refractivity contribution in [2.75, 3.05) is 5.32 Å². The molecule has 0 aliphatic carbocycles. The number of nitrogens with two attached hydrogens (primary N) is 1. The molecule has 0 aliphatic heterocycles. The Balaban J connectivity index is 0.00000288. The monoisotopic (exact) mass is 389 g/mol. The molecule has 0 fully saturated rings. The van der Waals surface area contributed by atoms with Gasteiger partial charge in [0, 0.05) is 6.07 Å². The molecule has 5 nitrogen and oxygen atoms in total. The highest BCUT2D eigenvalue weighted by Crippen LogP contribution is 2.21. The molecule has 1 atom stereocenters. The molecule has 2 aromatic rings. The van der Waals surface area contributed by atoms with Crippen LogP contribution in [0, 0.1) is 5.82 Å². The van der Waals surface area contributed by atoms with Crippen LogP contribution in [0.4, 0.5) is 10.1 Å². The number of rotatable bonds is 6. The van der Waals surface area contributed by atoms with Gasteiger partial charge in [0.05, 0.1) is 17.4 Å². The van der Waals surface area contributed by atoms with E-state index in [2.05, 4.69) is 10.3 Å². The number of aromatic nitrogens is 1. The van der Waals surface area contributed by atoms with Crippen molar-refractivity contribution in [1.29, 1.82) is 0 Å². The summed E-state index contributed by atoms with van der Waals surface area (Å²) in [6.45, 7) is 3.67. The Kier molecular flexibility index (Phi) is 9.41. The maximum Gasteiger partial charge on any atom is 0.244 e. The summed E-state index contributed by atoms with van der Waals surface area (Å²) in [4.78, 5) is 16.2. The number of carbonyl (C=O) groups is 1. The van der Waals surface area contributed by atoms with Gasteiger partial charge < -0.3 is 15.8 Å². The lowest BCUT2D eigenvalue weighted by atomic mass is 9.96. The van der Waals surface area contributed by atoms with E-state index in [0.29, 0.717) is 23.7 Å². The number of anilines is 1. The molecule has 1 aromatic heterocycles. The van der Waals surface area contributed by atoms with Gasteiger partial charge >= 0.3 is 0 Å². The molecule has 0 aliphatic rings. The number of hydrogen-bond acceptors (Lipinski definition) is 4. The fourth-order valence-electron chi connectivity index (χ4n) is 2.04. The van der Waals surface area contributed by atoms with Crippen molar-refractivity contribution >= 4 is 36.4 Å². The Bertz CT molecular complexity index is 665. The Morgan fingerprint density at radius 1 is 1.24 bits per heavy atom. The zero-order valence-electron chi connectivity index (χ0n) is 14.0. The van der Waals surface area contributed by atoms with Gasteiger partial charge in [-0.25, -0.2) is 9.37 Å². The van der Waals surface area contributed by atoms with Crippen LogP contribution < -0.4 is 15.8 Å². The topological polar surface area (TPSA) is 77.2 Å². The van der Waals surface area contributed by atoms with Crippen molar-refractivity contribution < 1.29 is 13.9 Å². The smallest absolute Gasteiger partial charge is 0.244 e. The van der Waals surface area contributed by atoms with Gasteiger partial charge in [-0.15, -0.1) is 24.8 Å². The number of ether oxygens (including phenoxy) is 1. The van der Waals surface area contributed by atoms with Gasteiger partial charge in [-0.1, -0.05) is 13.3 Å². The average Bonchev–Trinajstić information content (AvgIpc) is 2.51. The number of benzene rings is 1. The molecule has 0 saturated carbocycles. The molecule has 0 saturated heterocycles. The minimum atomic E-state index is -0.919. The van der Waals surface area contributed by atoms with Gasteiger partial charge in [-0.2, -0.15) is 0 Å². The highest BCUT2D eigenvalue weighted by Gasteiger charge is 2.27. The van der Waals surface area contributed by atoms with Gasteiger partial charge in [0.1, 0.15) is 11.6 Å². The first kappa shape index (κ1) is 23.1. The first-order valence-electron chi connectivity index (χ1n) is 7.40. The maximum absolute atomic E-state index is 12.8. The predicted octanol–water partition coefficient (Wildman–Crippen LogP) is 4.31. The lowest BCUT2D eigenvalue weighted by Crippen LogP contribution is -2.48. The fraction of sp³-hybridized carbons (Fsp3) is 0.294. The van der Waals surface area contributed by atoms with Crippen LogP contribution in [0.15, 0.2) is 42.6 Å². The number of nitrogens with one attached hydrogen (secondary N) is 1. The Morgan fingerprint density at radius 2 is 1.88 bits per heavy atom. The van der Waals surface area contributed by atoms with Gasteiger partial charge in [0.15, 0.2) is 0 Å². The predicted molar refractivity (Wildman–Crippen MR) is 101 cm³/mol. The largest absolute Gasteiger partial charge is 0.439 e. The summed E-state index contributed by atoms with van der Waals surface area (Å²) in [6, 6.07) is 8.92. The van der Waals surface area contributed by atoms with Crippen LogP contribution in [0.5, 0.6) is 11.6 Å². The van der Waals surface area contributed by atoms with Crippen LogP contribution in [0.3, 0.4) is 0 Å². The quantitative estimate of drug-likeness (QED) is 0.771. The number of pyridine rings is 1. The second kappa shape index (κ2) is 10.2. The number of hydrogen-bond donors (Lipinski definition) is 2. The Morgan fingerprint density at radius 3 is 2.40 bits per heavy atom. The van der Waals surface area contributed by atoms with Gasteiger partial charge in [0.25, 0.3) is 0 Å². The molecule has 25 heavy (non-hydrogen) atoms. The van der Waals surface area contributed by atoms with Crippen molar-refractivity contribution in [3.05, 3.63) is 48.4 Å². The number of carbonyl (C=O) groups excluding carboxylic acids is 1. The Labute approximate surface area is 159 Å². The van der Waals surface area contributed by atoms with Crippen LogP contribution in [-0.2, 0) is 4.79 Å². The summed E-state index contributed by atoms with van der Waals surface area (Å²) in [6.07, 6.45) is 2.90. The van der Waals surface area contributed by atoms with Crippen molar-refractivity contribution in [2.24, 2.45) is 5.73 Å². The van der Waals surface area contributed by atoms with E-state index in [1.165, 1.54) is 30.5 Å². The van der Waals surface area contributed by atoms with E-state index in [0.717, 1.165) is 6.42 Å². The summed E-state index contributed by atoms with van der Waals surface area (Å²) in [5, 5.41) is 2.73. The van der Waals surface area contributed by atoms with Gasteiger partial charge in [-0.3, -0.25) is 4.79 Å². The normalized spacial score (nSPS) is 12.2. The van der Waals surface area contributed by atoms with E-state index in [4.69, 9.17) is 10.5 Å². The molecule has 0 bridgehead atoms. The summed E-state index contributed by atoms with van der Waals surface area (Å²) in [5.41, 5.74) is 5.59. The van der Waals surface area contributed by atoms with Crippen molar-refractivity contribution in [2.45, 2.75) is 32.2 Å². The lowest BCUT2D eigenvalue weighted by Gasteiger charge is -2.22. The standard InChI is InChI=1S/C17H20FN3O2.2ClH/c1-3-10-17(2,19)16(22)21-13-6-9-15(20-11-13)23-14-7-4-12(18)5-8-14;;/h4-9,11H,3,10,19H2,1-2H3,(H,21,22);2*1H. The van der Waals surface area contributed by atoms with Crippen LogP contribution in [-0.4, -0.2) is 16.4 Å². The molecule has 1 aromatic carbocycles. The minimum Gasteiger partial charge on any atom is -0.439 e. The SMILES string of the molecule is CCCC(C)(N)C(=O)Nc1ccc(Oc2ccc(F)cc2)nc1.Cl.Cl. The van der Waals surface area contributed by atoms with Crippen molar-refractivity contribution in [3.63, 3.8) is 0 Å². The third-order valence-corrected chi connectivity index (χ3v) is 3.32. The second-order valence-electron chi connectivity index (χ2n) is 5.56. The number of halogens is 3. The van der Waals surface area contributed by atoms with Gasteiger partial charge in [0.2, 0.25) is 11.8 Å². The fourth-order valence-corrected chi connectivity index (χ4v) is 2.04. The molecular formula is C17H22Cl2FN3O2. The molecule has 8 heteroatoms. The number of amides is 1. The van der Waals surface area contributed by atoms with Crippen LogP contribution in [0.1, 0.15) is 26.7 Å². The van der Waals surface area contributed by atoms with Crippen molar-refractivity contribution in [1.82, 2.24) is 4.98 Å². The van der Waals surface area contributed by atoms with Crippen LogP contribution >= 0.6 is 24.8 Å². The molecule has 138 valence electrons. The summed E-state index contributed by atoms with van der Waals surface area (Å²) < 4.78 is 18.3. The highest BCUT2D eigenvalue weighted by molar-refractivity contribution is 5.97. The van der Waals surface area contributed by atoms with Crippen LogP contribution in [0.2, 0.25) is 0 Å². The van der Waals surface area contributed by atoms with E-state index >= 15 is 0 Å². The summed E-state index contributed by atoms with van der Waals surface area (Å²) >= 11 is 0. The zero-order chi connectivity index (χ0) is 16.9. The third kappa shape index (κ3) is 6.86. The average molecular weight is 390 g/mol. The van der Waals surface area contributed by atoms with Gasteiger partial charge in [-0.05, 0) is 43.7 Å². The zero-order valence-corrected chi connectivity index (χ0v) is 15.6. The number of nitrogens with zero attached hydrogens (tertiary/aromatic N) is 1. The van der Waals surface area contributed by atoms with E-state index in [-0.39, 0.29) is 36.5 Å². The molecule has 3 N–H and O–H groups in total. The first-order valence-corrected chi connectivity index (χ1v) is 7.40. The third-order valence-electron chi connectivity index (χ3n) is 3.32. The molecule has 1 amide bonds. The molecule has 0 radical (unpaired) electrons. The van der Waals surface area contributed by atoms with E-state index in [1.807, 2.05) is 6.92 Å². The minimum absolute atomic E-state index is 0. The second-order valence-corrected chi connectivity index (χ2v) is 5.56. The highest BCUT2D eigenvalue weighted by atomic mass is 35.5. The van der Waals surface area contributed by atoms with Crippen molar-refractivity contribution in [3.8, 4) is 11.6 Å². The molecular weight excluding hydrogens is 368 g/mol. The van der Waals surface area contributed by atoms with Crippen LogP contribution in [0.25, 0.3) is 0 Å². The molecule has 1 unspecified atom stereocenters. The molecule has 0 spiro atoms. The summed E-state index contributed by atoms with van der Waals surface area (Å²) in [5.74, 6) is 0.237. The van der Waals surface area contributed by atoms with E-state index in [1.54, 1.807) is 19.1 Å². The molecule has 2 rings (SSSR count). The van der Waals surface area contributed by atoms with E-state index < -0.39 is 5.54 Å². The van der Waals surface area contributed by atoms with E-state index in [9.17, 15) is 9.18 Å². The Hall–Kier alpha value is -1.89. The lowest BCUT2D eigenvalue weighted by molar-refractivity contribution is -0.120. The summed E-state index contributed by atoms with van der Waals surface area (Å²) in [7, 11) is 0. The molecule has 1 heterocycles.